The first kappa shape index (κ1) is 19.8. The van der Waals surface area contributed by atoms with E-state index in [0.29, 0.717) is 17.6 Å². The number of carbonyl (C=O) groups is 1. The van der Waals surface area contributed by atoms with Crippen molar-refractivity contribution < 1.29 is 18.0 Å². The molecule has 1 saturated heterocycles. The molecule has 0 spiro atoms. The van der Waals surface area contributed by atoms with E-state index in [2.05, 4.69) is 30.7 Å². The molecule has 1 unspecified atom stereocenters. The third-order valence-electron chi connectivity index (χ3n) is 5.69. The van der Waals surface area contributed by atoms with Crippen LogP contribution in [0.3, 0.4) is 0 Å². The van der Waals surface area contributed by atoms with Gasteiger partial charge in [-0.25, -0.2) is 9.50 Å². The minimum atomic E-state index is -4.68. The minimum Gasteiger partial charge on any atom is -0.351 e. The number of piperazine rings is 1. The smallest absolute Gasteiger partial charge is 0.351 e. The van der Waals surface area contributed by atoms with Gasteiger partial charge in [0, 0.05) is 45.1 Å². The van der Waals surface area contributed by atoms with Crippen molar-refractivity contribution in [3.8, 4) is 0 Å². The van der Waals surface area contributed by atoms with Crippen molar-refractivity contribution >= 4 is 23.1 Å². The van der Waals surface area contributed by atoms with Gasteiger partial charge in [-0.05, 0) is 24.8 Å². The van der Waals surface area contributed by atoms with Crippen molar-refractivity contribution in [2.24, 2.45) is 13.0 Å². The number of amides is 1. The number of hydrogen-bond acceptors (Lipinski definition) is 6. The summed E-state index contributed by atoms with van der Waals surface area (Å²) in [5, 5.41) is 13.3. The monoisotopic (exact) mass is 434 g/mol. The third-order valence-corrected chi connectivity index (χ3v) is 5.69. The Morgan fingerprint density at radius 2 is 2.13 bits per heavy atom. The van der Waals surface area contributed by atoms with E-state index < -0.39 is 23.5 Å². The number of nitrogens with zero attached hydrogens (tertiary/aromatic N) is 6. The second-order valence-corrected chi connectivity index (χ2v) is 7.93. The molecule has 5 rings (SSSR count). The number of carbonyl (C=O) groups excluding carboxylic acids is 1. The summed E-state index contributed by atoms with van der Waals surface area (Å²) in [5.41, 5.74) is -1.18. The van der Waals surface area contributed by atoms with Crippen molar-refractivity contribution in [1.82, 2.24) is 29.7 Å². The van der Waals surface area contributed by atoms with E-state index in [4.69, 9.17) is 0 Å². The van der Waals surface area contributed by atoms with Crippen molar-refractivity contribution in [3.05, 3.63) is 35.9 Å². The van der Waals surface area contributed by atoms with Crippen LogP contribution in [0.1, 0.15) is 28.9 Å². The van der Waals surface area contributed by atoms with Crippen molar-refractivity contribution in [3.63, 3.8) is 0 Å². The Labute approximate surface area is 175 Å². The van der Waals surface area contributed by atoms with Gasteiger partial charge in [0.15, 0.2) is 11.3 Å². The fourth-order valence-corrected chi connectivity index (χ4v) is 4.07. The Hall–Kier alpha value is -3.15. The normalized spacial score (nSPS) is 19.7. The Morgan fingerprint density at radius 1 is 1.32 bits per heavy atom. The summed E-state index contributed by atoms with van der Waals surface area (Å²) in [6.45, 7) is 2.51. The van der Waals surface area contributed by atoms with Crippen molar-refractivity contribution in [2.45, 2.75) is 25.1 Å². The molecule has 0 bridgehead atoms. The van der Waals surface area contributed by atoms with Gasteiger partial charge >= 0.3 is 6.18 Å². The maximum atomic E-state index is 13.2. The van der Waals surface area contributed by atoms with Crippen LogP contribution < -0.4 is 15.5 Å². The fourth-order valence-electron chi connectivity index (χ4n) is 4.07. The number of hydrogen-bond donors (Lipinski definition) is 2. The Bertz CT molecular complexity index is 1130. The molecule has 1 atom stereocenters. The standard InChI is InChI=1S/C19H21F3N8O/c1-28-10-13(16(27-28)19(20,21)22)25-18(31)12-8-24-30-6-4-15(26-17(12)30)29-7-5-23-9-14(29)11-2-3-11/h4,6,8,10-11,14,23H,2-3,5,7,9H2,1H3,(H,25,31). The van der Waals surface area contributed by atoms with Gasteiger partial charge in [0.05, 0.1) is 11.9 Å². The van der Waals surface area contributed by atoms with Gasteiger partial charge in [0.1, 0.15) is 11.4 Å². The Morgan fingerprint density at radius 3 is 2.87 bits per heavy atom. The molecule has 3 aromatic rings. The van der Waals surface area contributed by atoms with Gasteiger partial charge in [-0.1, -0.05) is 0 Å². The summed E-state index contributed by atoms with van der Waals surface area (Å²) >= 11 is 0. The molecule has 1 saturated carbocycles. The highest BCUT2D eigenvalue weighted by atomic mass is 19.4. The van der Waals surface area contributed by atoms with Gasteiger partial charge in [-0.15, -0.1) is 0 Å². The van der Waals surface area contributed by atoms with E-state index >= 15 is 0 Å². The quantitative estimate of drug-likeness (QED) is 0.652. The van der Waals surface area contributed by atoms with Gasteiger partial charge in [-0.2, -0.15) is 23.4 Å². The average Bonchev–Trinajstić information content (AvgIpc) is 3.38. The van der Waals surface area contributed by atoms with E-state index in [1.807, 2.05) is 6.07 Å². The van der Waals surface area contributed by atoms with Crippen LogP contribution in [-0.4, -0.2) is 56.0 Å². The second-order valence-electron chi connectivity index (χ2n) is 7.93. The fraction of sp³-hybridized carbons (Fsp3) is 0.474. The van der Waals surface area contributed by atoms with Crippen LogP contribution in [0.15, 0.2) is 24.7 Å². The zero-order chi connectivity index (χ0) is 21.8. The van der Waals surface area contributed by atoms with Crippen molar-refractivity contribution in [1.29, 1.82) is 0 Å². The zero-order valence-electron chi connectivity index (χ0n) is 16.7. The SMILES string of the molecule is Cn1cc(NC(=O)c2cnn3ccc(N4CCNCC4C4CC4)nc23)c(C(F)(F)F)n1. The van der Waals surface area contributed by atoms with Gasteiger partial charge in [-0.3, -0.25) is 9.48 Å². The molecule has 2 N–H and O–H groups in total. The topological polar surface area (TPSA) is 92.4 Å². The zero-order valence-corrected chi connectivity index (χ0v) is 16.7. The summed E-state index contributed by atoms with van der Waals surface area (Å²) in [4.78, 5) is 19.7. The summed E-state index contributed by atoms with van der Waals surface area (Å²) < 4.78 is 42.1. The van der Waals surface area contributed by atoms with Crippen LogP contribution in [0.2, 0.25) is 0 Å². The molecular weight excluding hydrogens is 413 g/mol. The van der Waals surface area contributed by atoms with E-state index in [9.17, 15) is 18.0 Å². The van der Waals surface area contributed by atoms with Crippen LogP contribution in [0.4, 0.5) is 24.7 Å². The molecule has 2 aliphatic rings. The number of aryl methyl sites for hydroxylation is 1. The molecule has 9 nitrogen and oxygen atoms in total. The predicted molar refractivity (Wildman–Crippen MR) is 106 cm³/mol. The average molecular weight is 434 g/mol. The molecule has 31 heavy (non-hydrogen) atoms. The van der Waals surface area contributed by atoms with E-state index in [1.54, 1.807) is 6.20 Å². The summed E-state index contributed by atoms with van der Waals surface area (Å²) in [6.07, 6.45) is 1.84. The Balaban J connectivity index is 1.45. The highest BCUT2D eigenvalue weighted by Crippen LogP contribution is 2.37. The maximum absolute atomic E-state index is 13.2. The lowest BCUT2D eigenvalue weighted by atomic mass is 10.1. The second kappa shape index (κ2) is 7.22. The molecule has 2 fully saturated rings. The summed E-state index contributed by atoms with van der Waals surface area (Å²) in [5.74, 6) is 0.639. The number of alkyl halides is 3. The van der Waals surface area contributed by atoms with Crippen molar-refractivity contribution in [2.75, 3.05) is 29.9 Å². The summed E-state index contributed by atoms with van der Waals surface area (Å²) in [7, 11) is 1.36. The molecule has 1 aliphatic heterocycles. The number of fused-ring (bicyclic) bond motifs is 1. The number of aromatic nitrogens is 5. The first-order valence-corrected chi connectivity index (χ1v) is 10.0. The lowest BCUT2D eigenvalue weighted by molar-refractivity contribution is -0.140. The van der Waals surface area contributed by atoms with Gasteiger partial charge in [0.2, 0.25) is 0 Å². The maximum Gasteiger partial charge on any atom is 0.437 e. The molecule has 0 radical (unpaired) electrons. The molecule has 1 amide bonds. The highest BCUT2D eigenvalue weighted by Gasteiger charge is 2.38. The minimum absolute atomic E-state index is 0.0944. The van der Waals surface area contributed by atoms with Crippen LogP contribution in [0, 0.1) is 5.92 Å². The van der Waals surface area contributed by atoms with Crippen LogP contribution in [0.25, 0.3) is 5.65 Å². The largest absolute Gasteiger partial charge is 0.437 e. The number of anilines is 2. The molecule has 1 aliphatic carbocycles. The predicted octanol–water partition coefficient (Wildman–Crippen LogP) is 1.92. The molecule has 4 heterocycles. The number of halogens is 3. The molecule has 3 aromatic heterocycles. The number of rotatable bonds is 4. The van der Waals surface area contributed by atoms with Crippen LogP contribution >= 0.6 is 0 Å². The van der Waals surface area contributed by atoms with Gasteiger partial charge in [0.25, 0.3) is 5.91 Å². The first-order chi connectivity index (χ1) is 14.8. The Kier molecular flexibility index (Phi) is 4.61. The van der Waals surface area contributed by atoms with E-state index in [1.165, 1.54) is 30.6 Å². The first-order valence-electron chi connectivity index (χ1n) is 10.0. The lowest BCUT2D eigenvalue weighted by Crippen LogP contribution is -2.52. The molecule has 0 aromatic carbocycles. The van der Waals surface area contributed by atoms with Crippen LogP contribution in [-0.2, 0) is 13.2 Å². The number of nitrogens with one attached hydrogen (secondary N) is 2. The van der Waals surface area contributed by atoms with Gasteiger partial charge < -0.3 is 15.5 Å². The third kappa shape index (κ3) is 3.71. The van der Waals surface area contributed by atoms with E-state index in [-0.39, 0.29) is 5.56 Å². The molecular formula is C19H21F3N8O. The van der Waals surface area contributed by atoms with E-state index in [0.717, 1.165) is 36.3 Å². The van der Waals surface area contributed by atoms with Crippen LogP contribution in [0.5, 0.6) is 0 Å². The molecule has 12 heteroatoms. The lowest BCUT2D eigenvalue weighted by Gasteiger charge is -2.37. The summed E-state index contributed by atoms with van der Waals surface area (Å²) in [6, 6.07) is 2.19. The molecule has 164 valence electrons. The highest BCUT2D eigenvalue weighted by molar-refractivity contribution is 6.08.